The number of aromatic nitrogens is 1. The fraction of sp³-hybridized carbons (Fsp3) is 0.700. The summed E-state index contributed by atoms with van der Waals surface area (Å²) in [6.45, 7) is 4.30. The average molecular weight is 486 g/mol. The van der Waals surface area contributed by atoms with Crippen LogP contribution in [0.5, 0.6) is 0 Å². The van der Waals surface area contributed by atoms with Gasteiger partial charge in [-0.3, -0.25) is 9.89 Å². The highest BCUT2D eigenvalue weighted by atomic mass is 127. The van der Waals surface area contributed by atoms with E-state index in [0.717, 1.165) is 43.8 Å². The van der Waals surface area contributed by atoms with Crippen molar-refractivity contribution >= 4 is 35.8 Å². The number of nitrogens with zero attached hydrogens (tertiary/aromatic N) is 3. The molecule has 0 spiro atoms. The first kappa shape index (κ1) is 22.2. The Kier molecular flexibility index (Phi) is 10.2. The second kappa shape index (κ2) is 12.4. The van der Waals surface area contributed by atoms with E-state index in [9.17, 15) is 0 Å². The van der Waals surface area contributed by atoms with Crippen molar-refractivity contribution in [2.24, 2.45) is 4.99 Å². The molecule has 1 aliphatic heterocycles. The molecule has 0 amide bonds. The highest BCUT2D eigenvalue weighted by Crippen LogP contribution is 2.26. The fourth-order valence-electron chi connectivity index (χ4n) is 4.03. The van der Waals surface area contributed by atoms with Gasteiger partial charge >= 0.3 is 0 Å². The maximum absolute atomic E-state index is 4.39. The third-order valence-electron chi connectivity index (χ3n) is 5.49. The molecule has 1 saturated carbocycles. The molecule has 0 bridgehead atoms. The van der Waals surface area contributed by atoms with Crippen LogP contribution >= 0.6 is 24.0 Å². The minimum Gasteiger partial charge on any atom is -0.370 e. The highest BCUT2D eigenvalue weighted by Gasteiger charge is 2.30. The van der Waals surface area contributed by atoms with Crippen LogP contribution in [0.25, 0.3) is 0 Å². The number of pyridine rings is 1. The number of halogens is 1. The van der Waals surface area contributed by atoms with Crippen molar-refractivity contribution in [1.29, 1.82) is 0 Å². The lowest BCUT2D eigenvalue weighted by Gasteiger charge is -2.24. The number of nitrogens with one attached hydrogen (secondary N) is 3. The molecular weight excluding hydrogens is 451 g/mol. The molecule has 3 N–H and O–H groups in total. The zero-order chi connectivity index (χ0) is 18.0. The number of rotatable bonds is 8. The Morgan fingerprint density at radius 1 is 1.19 bits per heavy atom. The summed E-state index contributed by atoms with van der Waals surface area (Å²) in [6.07, 6.45) is 10.9. The van der Waals surface area contributed by atoms with Gasteiger partial charge < -0.3 is 16.0 Å². The predicted molar refractivity (Wildman–Crippen MR) is 124 cm³/mol. The molecule has 1 unspecified atom stereocenters. The number of hydrogen-bond donors (Lipinski definition) is 3. The van der Waals surface area contributed by atoms with Gasteiger partial charge in [-0.2, -0.15) is 0 Å². The molecule has 1 aliphatic carbocycles. The molecule has 0 radical (unpaired) electrons. The van der Waals surface area contributed by atoms with Crippen molar-refractivity contribution in [3.8, 4) is 0 Å². The van der Waals surface area contributed by atoms with Gasteiger partial charge in [-0.25, -0.2) is 4.98 Å². The van der Waals surface area contributed by atoms with Crippen LogP contribution in [0.1, 0.15) is 44.9 Å². The van der Waals surface area contributed by atoms with E-state index < -0.39 is 0 Å². The Labute approximate surface area is 181 Å². The number of aliphatic imine (C=N–C) groups is 1. The molecule has 7 heteroatoms. The molecule has 2 fully saturated rings. The van der Waals surface area contributed by atoms with Gasteiger partial charge in [-0.15, -0.1) is 24.0 Å². The molecular formula is C20H35IN6. The van der Waals surface area contributed by atoms with E-state index in [1.807, 2.05) is 31.4 Å². The molecule has 152 valence electrons. The Morgan fingerprint density at radius 3 is 2.74 bits per heavy atom. The Balaban J connectivity index is 0.00000261. The molecule has 6 nitrogen and oxygen atoms in total. The summed E-state index contributed by atoms with van der Waals surface area (Å²) in [7, 11) is 1.86. The Hall–Kier alpha value is -1.09. The van der Waals surface area contributed by atoms with Crippen LogP contribution in [0.15, 0.2) is 29.4 Å². The number of unbranched alkanes of at least 4 members (excludes halogenated alkanes) is 1. The summed E-state index contributed by atoms with van der Waals surface area (Å²) < 4.78 is 0. The molecule has 1 aromatic rings. The molecule has 1 atom stereocenters. The first-order valence-electron chi connectivity index (χ1n) is 10.2. The quantitative estimate of drug-likeness (QED) is 0.228. The first-order valence-corrected chi connectivity index (χ1v) is 10.2. The summed E-state index contributed by atoms with van der Waals surface area (Å²) in [5, 5.41) is 10.4. The van der Waals surface area contributed by atoms with Crippen molar-refractivity contribution in [3.05, 3.63) is 24.4 Å². The van der Waals surface area contributed by atoms with Crippen LogP contribution in [0.3, 0.4) is 0 Å². The maximum atomic E-state index is 4.39. The molecule has 2 aliphatic rings. The van der Waals surface area contributed by atoms with Gasteiger partial charge in [-0.1, -0.05) is 18.9 Å². The minimum absolute atomic E-state index is 0. The number of guanidine groups is 1. The maximum Gasteiger partial charge on any atom is 0.191 e. The smallest absolute Gasteiger partial charge is 0.191 e. The van der Waals surface area contributed by atoms with Crippen molar-refractivity contribution < 1.29 is 0 Å². The lowest BCUT2D eigenvalue weighted by atomic mass is 10.2. The van der Waals surface area contributed by atoms with Crippen LogP contribution in [-0.4, -0.2) is 61.2 Å². The van der Waals surface area contributed by atoms with Gasteiger partial charge in [0.2, 0.25) is 0 Å². The first-order chi connectivity index (χ1) is 12.8. The van der Waals surface area contributed by atoms with Gasteiger partial charge in [0.1, 0.15) is 5.82 Å². The zero-order valence-electron chi connectivity index (χ0n) is 16.5. The van der Waals surface area contributed by atoms with Crippen LogP contribution < -0.4 is 16.0 Å². The summed E-state index contributed by atoms with van der Waals surface area (Å²) in [5.41, 5.74) is 0. The number of anilines is 1. The third-order valence-corrected chi connectivity index (χ3v) is 5.49. The normalized spacial score (nSPS) is 21.1. The summed E-state index contributed by atoms with van der Waals surface area (Å²) in [5.74, 6) is 1.90. The van der Waals surface area contributed by atoms with Crippen LogP contribution in [0.2, 0.25) is 0 Å². The SMILES string of the molecule is CN=C(NCCCCNc1ccccn1)NC1CCN(C2CCCC2)C1.I. The topological polar surface area (TPSA) is 64.6 Å². The zero-order valence-corrected chi connectivity index (χ0v) is 18.8. The second-order valence-corrected chi connectivity index (χ2v) is 7.41. The van der Waals surface area contributed by atoms with Gasteiger partial charge in [0.25, 0.3) is 0 Å². The molecule has 0 aromatic carbocycles. The molecule has 1 saturated heterocycles. The van der Waals surface area contributed by atoms with Gasteiger partial charge in [0.15, 0.2) is 5.96 Å². The van der Waals surface area contributed by atoms with Gasteiger partial charge in [0.05, 0.1) is 0 Å². The Bertz CT molecular complexity index is 547. The van der Waals surface area contributed by atoms with E-state index in [-0.39, 0.29) is 24.0 Å². The summed E-state index contributed by atoms with van der Waals surface area (Å²) in [6, 6.07) is 7.31. The molecule has 3 rings (SSSR count). The molecule has 1 aromatic heterocycles. The second-order valence-electron chi connectivity index (χ2n) is 7.41. The largest absolute Gasteiger partial charge is 0.370 e. The van der Waals surface area contributed by atoms with E-state index in [1.54, 1.807) is 0 Å². The molecule has 2 heterocycles. The van der Waals surface area contributed by atoms with E-state index >= 15 is 0 Å². The van der Waals surface area contributed by atoms with Crippen molar-refractivity contribution in [3.63, 3.8) is 0 Å². The van der Waals surface area contributed by atoms with E-state index in [2.05, 4.69) is 30.8 Å². The van der Waals surface area contributed by atoms with E-state index in [0.29, 0.717) is 6.04 Å². The monoisotopic (exact) mass is 486 g/mol. The van der Waals surface area contributed by atoms with Crippen molar-refractivity contribution in [1.82, 2.24) is 20.5 Å². The van der Waals surface area contributed by atoms with Crippen LogP contribution in [0.4, 0.5) is 5.82 Å². The lowest BCUT2D eigenvalue weighted by Crippen LogP contribution is -2.45. The third kappa shape index (κ3) is 7.44. The molecule has 27 heavy (non-hydrogen) atoms. The standard InChI is InChI=1S/C20H34N6.HI/c1-21-20(24-14-7-6-13-23-19-10-4-5-12-22-19)25-17-11-15-26(16-17)18-8-2-3-9-18;/h4-5,10,12,17-18H,2-3,6-9,11,13-16H2,1H3,(H,22,23)(H2,21,24,25);1H. The number of hydrogen-bond acceptors (Lipinski definition) is 4. The average Bonchev–Trinajstić information content (AvgIpc) is 3.36. The summed E-state index contributed by atoms with van der Waals surface area (Å²) in [4.78, 5) is 11.3. The summed E-state index contributed by atoms with van der Waals surface area (Å²) >= 11 is 0. The Morgan fingerprint density at radius 2 is 2.00 bits per heavy atom. The van der Waals surface area contributed by atoms with Gasteiger partial charge in [-0.05, 0) is 44.2 Å². The van der Waals surface area contributed by atoms with Crippen LogP contribution in [-0.2, 0) is 0 Å². The van der Waals surface area contributed by atoms with Crippen molar-refractivity contribution in [2.75, 3.05) is 38.5 Å². The van der Waals surface area contributed by atoms with Crippen LogP contribution in [0, 0.1) is 0 Å². The minimum atomic E-state index is 0. The lowest BCUT2D eigenvalue weighted by molar-refractivity contribution is 0.242. The number of likely N-dealkylation sites (tertiary alicyclic amines) is 1. The van der Waals surface area contributed by atoms with E-state index in [4.69, 9.17) is 0 Å². The predicted octanol–water partition coefficient (Wildman–Crippen LogP) is 3.07. The van der Waals surface area contributed by atoms with Crippen molar-refractivity contribution in [2.45, 2.75) is 57.0 Å². The highest BCUT2D eigenvalue weighted by molar-refractivity contribution is 14.0. The van der Waals surface area contributed by atoms with E-state index in [1.165, 1.54) is 45.2 Å². The fourth-order valence-corrected chi connectivity index (χ4v) is 4.03. The van der Waals surface area contributed by atoms with Gasteiger partial charge in [0, 0.05) is 51.5 Å².